The third-order valence-corrected chi connectivity index (χ3v) is 3.55. The summed E-state index contributed by atoms with van der Waals surface area (Å²) in [6, 6.07) is 4.75. The highest BCUT2D eigenvalue weighted by atomic mass is 19.1. The van der Waals surface area contributed by atoms with E-state index in [0.717, 1.165) is 12.8 Å². The van der Waals surface area contributed by atoms with E-state index in [4.69, 9.17) is 9.47 Å². The lowest BCUT2D eigenvalue weighted by Gasteiger charge is -2.32. The number of hydrogen-bond donors (Lipinski definition) is 1. The second-order valence-electron chi connectivity index (χ2n) is 4.95. The average molecular weight is 296 g/mol. The van der Waals surface area contributed by atoms with Gasteiger partial charge in [0, 0.05) is 25.2 Å². The van der Waals surface area contributed by atoms with E-state index >= 15 is 0 Å². The summed E-state index contributed by atoms with van der Waals surface area (Å²) in [4.78, 5) is 13.3. The topological polar surface area (TPSA) is 50.8 Å². The minimum Gasteiger partial charge on any atom is -0.497 e. The van der Waals surface area contributed by atoms with Crippen LogP contribution in [0.5, 0.6) is 5.75 Å². The molecule has 1 aliphatic heterocycles. The molecule has 5 nitrogen and oxygen atoms in total. The molecule has 0 spiro atoms. The quantitative estimate of drug-likeness (QED) is 0.928. The van der Waals surface area contributed by atoms with Crippen molar-refractivity contribution in [3.8, 4) is 5.75 Å². The average Bonchev–Trinajstić information content (AvgIpc) is 2.50. The Morgan fingerprint density at radius 3 is 2.76 bits per heavy atom. The monoisotopic (exact) mass is 296 g/mol. The van der Waals surface area contributed by atoms with Gasteiger partial charge in [0.25, 0.3) is 0 Å². The first kappa shape index (κ1) is 15.4. The lowest BCUT2D eigenvalue weighted by atomic mass is 10.0. The molecule has 0 atom stereocenters. The van der Waals surface area contributed by atoms with Crippen molar-refractivity contribution in [3.05, 3.63) is 24.0 Å². The zero-order chi connectivity index (χ0) is 15.2. The van der Waals surface area contributed by atoms with E-state index in [-0.39, 0.29) is 18.0 Å². The van der Waals surface area contributed by atoms with Crippen LogP contribution in [-0.2, 0) is 4.74 Å². The number of nitrogens with one attached hydrogen (secondary N) is 1. The second-order valence-corrected chi connectivity index (χ2v) is 4.95. The van der Waals surface area contributed by atoms with Crippen LogP contribution in [0.25, 0.3) is 0 Å². The molecular weight excluding hydrogens is 275 g/mol. The van der Waals surface area contributed by atoms with Crippen LogP contribution in [0, 0.1) is 5.82 Å². The van der Waals surface area contributed by atoms with E-state index in [1.54, 1.807) is 31.1 Å². The highest BCUT2D eigenvalue weighted by Crippen LogP contribution is 2.24. The number of anilines is 1. The van der Waals surface area contributed by atoms with E-state index < -0.39 is 0 Å². The molecule has 0 bridgehead atoms. The number of piperidine rings is 1. The fourth-order valence-electron chi connectivity index (χ4n) is 2.38. The number of methoxy groups -OCH3 is 1. The lowest BCUT2D eigenvalue weighted by molar-refractivity contribution is 0.0983. The van der Waals surface area contributed by atoms with Gasteiger partial charge >= 0.3 is 6.09 Å². The lowest BCUT2D eigenvalue weighted by Crippen LogP contribution is -2.42. The molecule has 2 rings (SSSR count). The van der Waals surface area contributed by atoms with Crippen molar-refractivity contribution in [2.24, 2.45) is 0 Å². The number of carbonyl (C=O) groups excluding carboxylic acids is 1. The predicted molar refractivity (Wildman–Crippen MR) is 78.2 cm³/mol. The molecule has 1 saturated heterocycles. The molecule has 1 heterocycles. The molecule has 0 unspecified atom stereocenters. The summed E-state index contributed by atoms with van der Waals surface area (Å²) in [6.45, 7) is 3.40. The minimum atomic E-state index is -0.302. The first-order valence-corrected chi connectivity index (χ1v) is 7.15. The highest BCUT2D eigenvalue weighted by Gasteiger charge is 2.24. The molecule has 116 valence electrons. The fraction of sp³-hybridized carbons (Fsp3) is 0.533. The Hall–Kier alpha value is -1.98. The summed E-state index contributed by atoms with van der Waals surface area (Å²) in [5, 5.41) is 3.18. The molecule has 1 N–H and O–H groups in total. The highest BCUT2D eigenvalue weighted by molar-refractivity contribution is 5.67. The van der Waals surface area contributed by atoms with Crippen LogP contribution in [-0.4, -0.2) is 43.8 Å². The van der Waals surface area contributed by atoms with E-state index in [2.05, 4.69) is 5.32 Å². The smallest absolute Gasteiger partial charge is 0.409 e. The number of nitrogens with zero attached hydrogens (tertiary/aromatic N) is 1. The Balaban J connectivity index is 1.90. The van der Waals surface area contributed by atoms with Gasteiger partial charge in [0.05, 0.1) is 19.4 Å². The molecule has 1 aromatic rings. The minimum absolute atomic E-state index is 0.136. The number of likely N-dealkylation sites (tertiary alicyclic amines) is 1. The van der Waals surface area contributed by atoms with Crippen LogP contribution >= 0.6 is 0 Å². The summed E-state index contributed by atoms with van der Waals surface area (Å²) in [7, 11) is 1.55. The summed E-state index contributed by atoms with van der Waals surface area (Å²) >= 11 is 0. The molecule has 1 aliphatic rings. The van der Waals surface area contributed by atoms with E-state index in [0.29, 0.717) is 31.1 Å². The SMILES string of the molecule is CCOC(=O)N1CCC(Nc2cc(OC)ccc2F)CC1. The third kappa shape index (κ3) is 4.00. The van der Waals surface area contributed by atoms with Crippen LogP contribution in [0.1, 0.15) is 19.8 Å². The number of benzene rings is 1. The number of amides is 1. The molecule has 0 aromatic heterocycles. The molecule has 6 heteroatoms. The first-order chi connectivity index (χ1) is 10.1. The summed E-state index contributed by atoms with van der Waals surface area (Å²) in [5.41, 5.74) is 0.434. The standard InChI is InChI=1S/C15H21FN2O3/c1-3-21-15(19)18-8-6-11(7-9-18)17-14-10-12(20-2)4-5-13(14)16/h4-5,10-11,17H,3,6-9H2,1-2H3. The van der Waals surface area contributed by atoms with Gasteiger partial charge in [-0.1, -0.05) is 0 Å². The normalized spacial score (nSPS) is 15.7. The van der Waals surface area contributed by atoms with Crippen LogP contribution in [0.4, 0.5) is 14.9 Å². The Labute approximate surface area is 124 Å². The van der Waals surface area contributed by atoms with Gasteiger partial charge in [0.1, 0.15) is 11.6 Å². The van der Waals surface area contributed by atoms with Crippen molar-refractivity contribution in [2.75, 3.05) is 32.1 Å². The Kier molecular flexibility index (Phi) is 5.25. The summed E-state index contributed by atoms with van der Waals surface area (Å²) in [5.74, 6) is 0.312. The number of hydrogen-bond acceptors (Lipinski definition) is 4. The van der Waals surface area contributed by atoms with Crippen molar-refractivity contribution < 1.29 is 18.7 Å². The maximum atomic E-state index is 13.8. The van der Waals surface area contributed by atoms with Gasteiger partial charge in [-0.3, -0.25) is 0 Å². The van der Waals surface area contributed by atoms with Gasteiger partial charge in [-0.2, -0.15) is 0 Å². The van der Waals surface area contributed by atoms with Gasteiger partial charge in [-0.05, 0) is 31.9 Å². The number of carbonyl (C=O) groups is 1. The Morgan fingerprint density at radius 2 is 2.14 bits per heavy atom. The van der Waals surface area contributed by atoms with E-state index in [1.165, 1.54) is 6.07 Å². The van der Waals surface area contributed by atoms with Crippen LogP contribution in [0.2, 0.25) is 0 Å². The molecule has 21 heavy (non-hydrogen) atoms. The van der Waals surface area contributed by atoms with E-state index in [9.17, 15) is 9.18 Å². The molecule has 0 saturated carbocycles. The summed E-state index contributed by atoms with van der Waals surface area (Å²) < 4.78 is 23.8. The van der Waals surface area contributed by atoms with Crippen molar-refractivity contribution in [1.82, 2.24) is 4.90 Å². The predicted octanol–water partition coefficient (Wildman–Crippen LogP) is 2.87. The summed E-state index contributed by atoms with van der Waals surface area (Å²) in [6.07, 6.45) is 1.24. The largest absolute Gasteiger partial charge is 0.497 e. The molecule has 1 aromatic carbocycles. The van der Waals surface area contributed by atoms with Crippen LogP contribution in [0.15, 0.2) is 18.2 Å². The van der Waals surface area contributed by atoms with Gasteiger partial charge < -0.3 is 19.7 Å². The molecule has 0 aliphatic carbocycles. The number of halogens is 1. The molecule has 1 fully saturated rings. The van der Waals surface area contributed by atoms with Crippen LogP contribution < -0.4 is 10.1 Å². The zero-order valence-electron chi connectivity index (χ0n) is 12.4. The van der Waals surface area contributed by atoms with Crippen molar-refractivity contribution in [1.29, 1.82) is 0 Å². The fourth-order valence-corrected chi connectivity index (χ4v) is 2.38. The maximum Gasteiger partial charge on any atom is 0.409 e. The number of ether oxygens (including phenoxy) is 2. The Morgan fingerprint density at radius 1 is 1.43 bits per heavy atom. The van der Waals surface area contributed by atoms with Crippen molar-refractivity contribution in [2.45, 2.75) is 25.8 Å². The van der Waals surface area contributed by atoms with Crippen molar-refractivity contribution >= 4 is 11.8 Å². The van der Waals surface area contributed by atoms with Crippen LogP contribution in [0.3, 0.4) is 0 Å². The second kappa shape index (κ2) is 7.15. The van der Waals surface area contributed by atoms with Gasteiger partial charge in [-0.25, -0.2) is 9.18 Å². The molecule has 0 radical (unpaired) electrons. The van der Waals surface area contributed by atoms with E-state index in [1.807, 2.05) is 0 Å². The van der Waals surface area contributed by atoms with Crippen molar-refractivity contribution in [3.63, 3.8) is 0 Å². The first-order valence-electron chi connectivity index (χ1n) is 7.15. The van der Waals surface area contributed by atoms with Gasteiger partial charge in [-0.15, -0.1) is 0 Å². The number of rotatable bonds is 4. The third-order valence-electron chi connectivity index (χ3n) is 3.55. The zero-order valence-corrected chi connectivity index (χ0v) is 12.4. The molecule has 1 amide bonds. The van der Waals surface area contributed by atoms with Gasteiger partial charge in [0.2, 0.25) is 0 Å². The van der Waals surface area contributed by atoms with Gasteiger partial charge in [0.15, 0.2) is 0 Å². The maximum absolute atomic E-state index is 13.8. The Bertz CT molecular complexity index is 488. The molecular formula is C15H21FN2O3.